The summed E-state index contributed by atoms with van der Waals surface area (Å²) in [4.78, 5) is 21.9. The number of carbonyl (C=O) groups is 1. The number of nitro groups is 1. The minimum Gasteiger partial charge on any atom is -0.484 e. The Labute approximate surface area is 143 Å². The molecular formula is C17H16N4O4. The van der Waals surface area contributed by atoms with Crippen molar-refractivity contribution in [2.45, 2.75) is 6.54 Å². The zero-order chi connectivity index (χ0) is 17.6. The van der Waals surface area contributed by atoms with Gasteiger partial charge >= 0.3 is 5.69 Å². The van der Waals surface area contributed by atoms with E-state index in [2.05, 4.69) is 10.4 Å². The monoisotopic (exact) mass is 340 g/mol. The minimum absolute atomic E-state index is 0.0778. The molecule has 0 unspecified atom stereocenters. The average Bonchev–Trinajstić information content (AvgIpc) is 3.09. The lowest BCUT2D eigenvalue weighted by Crippen LogP contribution is -2.31. The zero-order valence-corrected chi connectivity index (χ0v) is 13.3. The number of hydrogen-bond acceptors (Lipinski definition) is 5. The predicted octanol–water partition coefficient (Wildman–Crippen LogP) is 2.14. The zero-order valence-electron chi connectivity index (χ0n) is 13.3. The van der Waals surface area contributed by atoms with Crippen LogP contribution in [0.3, 0.4) is 0 Å². The maximum absolute atomic E-state index is 11.8. The second-order valence-corrected chi connectivity index (χ2v) is 5.37. The van der Waals surface area contributed by atoms with Crippen LogP contribution >= 0.6 is 0 Å². The van der Waals surface area contributed by atoms with Gasteiger partial charge in [0.05, 0.1) is 11.5 Å². The van der Waals surface area contributed by atoms with Gasteiger partial charge in [-0.1, -0.05) is 30.3 Å². The van der Waals surface area contributed by atoms with Gasteiger partial charge in [-0.3, -0.25) is 19.6 Å². The summed E-state index contributed by atoms with van der Waals surface area (Å²) in [6.45, 7) is 0.548. The highest BCUT2D eigenvalue weighted by Crippen LogP contribution is 2.20. The number of rotatable bonds is 7. The van der Waals surface area contributed by atoms with Crippen molar-refractivity contribution in [1.29, 1.82) is 0 Å². The summed E-state index contributed by atoms with van der Waals surface area (Å²) in [7, 11) is 0. The van der Waals surface area contributed by atoms with E-state index >= 15 is 0 Å². The molecule has 0 spiro atoms. The molecule has 1 N–H and O–H groups in total. The summed E-state index contributed by atoms with van der Waals surface area (Å²) < 4.78 is 6.90. The SMILES string of the molecule is O=C(COc1ccc2ccccc2c1)NCCn1cc([N+](=O)[O-])cn1. The molecule has 0 atom stereocenters. The van der Waals surface area contributed by atoms with E-state index in [1.807, 2.05) is 42.5 Å². The van der Waals surface area contributed by atoms with Gasteiger partial charge in [0.15, 0.2) is 6.61 Å². The summed E-state index contributed by atoms with van der Waals surface area (Å²) >= 11 is 0. The predicted molar refractivity (Wildman–Crippen MR) is 91.3 cm³/mol. The lowest BCUT2D eigenvalue weighted by molar-refractivity contribution is -0.385. The molecule has 1 aromatic heterocycles. The number of nitrogens with zero attached hydrogens (tertiary/aromatic N) is 3. The standard InChI is InChI=1S/C17H16N4O4/c22-17(18-7-8-20-11-15(10-19-20)21(23)24)12-25-16-6-5-13-3-1-2-4-14(13)9-16/h1-6,9-11H,7-8,12H2,(H,18,22). The lowest BCUT2D eigenvalue weighted by Gasteiger charge is -2.08. The third-order valence-electron chi connectivity index (χ3n) is 3.58. The maximum atomic E-state index is 11.8. The van der Waals surface area contributed by atoms with E-state index in [1.165, 1.54) is 17.1 Å². The normalized spacial score (nSPS) is 10.6. The van der Waals surface area contributed by atoms with Gasteiger partial charge in [-0.25, -0.2) is 0 Å². The van der Waals surface area contributed by atoms with Crippen LogP contribution in [0.5, 0.6) is 5.75 Å². The van der Waals surface area contributed by atoms with E-state index in [0.717, 1.165) is 10.8 Å². The number of nitrogens with one attached hydrogen (secondary N) is 1. The van der Waals surface area contributed by atoms with Gasteiger partial charge in [0.1, 0.15) is 18.1 Å². The molecule has 0 aliphatic rings. The molecule has 1 amide bonds. The highest BCUT2D eigenvalue weighted by Gasteiger charge is 2.09. The molecule has 0 saturated carbocycles. The fraction of sp³-hybridized carbons (Fsp3) is 0.176. The van der Waals surface area contributed by atoms with Gasteiger partial charge in [-0.05, 0) is 22.9 Å². The van der Waals surface area contributed by atoms with Gasteiger partial charge in [0.25, 0.3) is 5.91 Å². The van der Waals surface area contributed by atoms with Crippen LogP contribution in [0, 0.1) is 10.1 Å². The first kappa shape index (κ1) is 16.4. The van der Waals surface area contributed by atoms with E-state index < -0.39 is 4.92 Å². The Morgan fingerprint density at radius 2 is 2.04 bits per heavy atom. The Hall–Kier alpha value is -3.42. The van der Waals surface area contributed by atoms with Crippen molar-refractivity contribution in [3.05, 3.63) is 65.0 Å². The number of amides is 1. The molecule has 8 heteroatoms. The molecule has 0 saturated heterocycles. The third-order valence-corrected chi connectivity index (χ3v) is 3.58. The number of carbonyl (C=O) groups excluding carboxylic acids is 1. The summed E-state index contributed by atoms with van der Waals surface area (Å²) in [5.41, 5.74) is -0.0778. The van der Waals surface area contributed by atoms with Crippen LogP contribution in [0.1, 0.15) is 0 Å². The molecule has 0 aliphatic carbocycles. The summed E-state index contributed by atoms with van der Waals surface area (Å²) in [5, 5.41) is 19.2. The van der Waals surface area contributed by atoms with Gasteiger partial charge in [0.2, 0.25) is 0 Å². The molecule has 0 bridgehead atoms. The van der Waals surface area contributed by atoms with E-state index in [4.69, 9.17) is 4.74 Å². The van der Waals surface area contributed by atoms with Crippen molar-refractivity contribution in [2.75, 3.05) is 13.2 Å². The Kier molecular flexibility index (Phi) is 4.89. The molecule has 0 radical (unpaired) electrons. The second-order valence-electron chi connectivity index (χ2n) is 5.37. The topological polar surface area (TPSA) is 99.3 Å². The fourth-order valence-corrected chi connectivity index (χ4v) is 2.34. The second kappa shape index (κ2) is 7.43. The minimum atomic E-state index is -0.514. The largest absolute Gasteiger partial charge is 0.484 e. The number of benzene rings is 2. The van der Waals surface area contributed by atoms with Crippen molar-refractivity contribution in [2.24, 2.45) is 0 Å². The van der Waals surface area contributed by atoms with E-state index in [0.29, 0.717) is 18.8 Å². The molecule has 128 valence electrons. The van der Waals surface area contributed by atoms with Crippen molar-refractivity contribution >= 4 is 22.4 Å². The van der Waals surface area contributed by atoms with Crippen LogP contribution in [0.15, 0.2) is 54.9 Å². The van der Waals surface area contributed by atoms with Crippen LogP contribution < -0.4 is 10.1 Å². The molecule has 25 heavy (non-hydrogen) atoms. The van der Waals surface area contributed by atoms with Crippen molar-refractivity contribution in [3.63, 3.8) is 0 Å². The summed E-state index contributed by atoms with van der Waals surface area (Å²) in [6.07, 6.45) is 2.49. The number of fused-ring (bicyclic) bond motifs is 1. The Bertz CT molecular complexity index is 906. The molecule has 3 aromatic rings. The van der Waals surface area contributed by atoms with Gasteiger partial charge < -0.3 is 10.1 Å². The molecule has 3 rings (SSSR count). The third kappa shape index (κ3) is 4.31. The maximum Gasteiger partial charge on any atom is 0.306 e. The first-order valence-electron chi connectivity index (χ1n) is 7.67. The first-order valence-corrected chi connectivity index (χ1v) is 7.67. The van der Waals surface area contributed by atoms with Crippen LogP contribution in [0.4, 0.5) is 5.69 Å². The van der Waals surface area contributed by atoms with Crippen LogP contribution in [-0.4, -0.2) is 33.8 Å². The number of ether oxygens (including phenoxy) is 1. The van der Waals surface area contributed by atoms with Crippen LogP contribution in [0.2, 0.25) is 0 Å². The lowest BCUT2D eigenvalue weighted by atomic mass is 10.1. The van der Waals surface area contributed by atoms with Crippen molar-refractivity contribution < 1.29 is 14.5 Å². The Balaban J connectivity index is 1.44. The molecule has 2 aromatic carbocycles. The summed E-state index contributed by atoms with van der Waals surface area (Å²) in [6, 6.07) is 13.5. The van der Waals surface area contributed by atoms with Crippen molar-refractivity contribution in [1.82, 2.24) is 15.1 Å². The van der Waals surface area contributed by atoms with Crippen LogP contribution in [0.25, 0.3) is 10.8 Å². The molecular weight excluding hydrogens is 324 g/mol. The van der Waals surface area contributed by atoms with E-state index in [9.17, 15) is 14.9 Å². The highest BCUT2D eigenvalue weighted by molar-refractivity contribution is 5.84. The summed E-state index contributed by atoms with van der Waals surface area (Å²) in [5.74, 6) is 0.353. The average molecular weight is 340 g/mol. The molecule has 0 fully saturated rings. The molecule has 8 nitrogen and oxygen atoms in total. The highest BCUT2D eigenvalue weighted by atomic mass is 16.6. The number of hydrogen-bond donors (Lipinski definition) is 1. The van der Waals surface area contributed by atoms with E-state index in [1.54, 1.807) is 0 Å². The van der Waals surface area contributed by atoms with Gasteiger partial charge in [-0.2, -0.15) is 5.10 Å². The first-order chi connectivity index (χ1) is 12.1. The fourth-order valence-electron chi connectivity index (χ4n) is 2.34. The Morgan fingerprint density at radius 1 is 1.24 bits per heavy atom. The van der Waals surface area contributed by atoms with Gasteiger partial charge in [0, 0.05) is 6.54 Å². The van der Waals surface area contributed by atoms with Gasteiger partial charge in [-0.15, -0.1) is 0 Å². The number of aromatic nitrogens is 2. The quantitative estimate of drug-likeness (QED) is 0.525. The van der Waals surface area contributed by atoms with E-state index in [-0.39, 0.29) is 18.2 Å². The smallest absolute Gasteiger partial charge is 0.306 e. The Morgan fingerprint density at radius 3 is 2.80 bits per heavy atom. The molecule has 1 heterocycles. The van der Waals surface area contributed by atoms with Crippen molar-refractivity contribution in [3.8, 4) is 5.75 Å². The van der Waals surface area contributed by atoms with Crippen LogP contribution in [-0.2, 0) is 11.3 Å². The molecule has 0 aliphatic heterocycles.